The molecular weight excluding hydrogens is 242 g/mol. The van der Waals surface area contributed by atoms with Gasteiger partial charge in [0.15, 0.2) is 5.78 Å². The smallest absolute Gasteiger partial charge is 0.314 e. The van der Waals surface area contributed by atoms with Crippen LogP contribution in [-0.4, -0.2) is 22.9 Å². The Bertz CT molecular complexity index is 313. The van der Waals surface area contributed by atoms with Crippen LogP contribution in [0.15, 0.2) is 12.2 Å². The summed E-state index contributed by atoms with van der Waals surface area (Å²) in [5.74, 6) is -2.31. The number of carbonyl (C=O) groups excluding carboxylic acids is 1. The molecule has 4 heteroatoms. The van der Waals surface area contributed by atoms with Crippen molar-refractivity contribution in [2.45, 2.75) is 64.8 Å². The zero-order valence-corrected chi connectivity index (χ0v) is 12.2. The van der Waals surface area contributed by atoms with E-state index in [4.69, 9.17) is 10.8 Å². The van der Waals surface area contributed by atoms with Crippen molar-refractivity contribution in [2.75, 3.05) is 0 Å². The molecule has 0 bridgehead atoms. The number of hydrogen-bond acceptors (Lipinski definition) is 3. The minimum Gasteiger partial charge on any atom is -0.481 e. The van der Waals surface area contributed by atoms with Crippen LogP contribution in [0.2, 0.25) is 0 Å². The van der Waals surface area contributed by atoms with Crippen LogP contribution in [-0.2, 0) is 9.59 Å². The minimum absolute atomic E-state index is 0.275. The lowest BCUT2D eigenvalue weighted by atomic mass is 9.93. The summed E-state index contributed by atoms with van der Waals surface area (Å²) in [6.45, 7) is 7.15. The van der Waals surface area contributed by atoms with Gasteiger partial charge in [0.05, 0.1) is 0 Å². The van der Waals surface area contributed by atoms with Crippen molar-refractivity contribution < 1.29 is 14.7 Å². The largest absolute Gasteiger partial charge is 0.481 e. The average Bonchev–Trinajstić information content (AvgIpc) is 2.36. The van der Waals surface area contributed by atoms with Gasteiger partial charge >= 0.3 is 5.97 Å². The SMILES string of the molecule is C=C(C)C(=O)C(CCCCCCC(N)CC)C(=O)O. The first kappa shape index (κ1) is 17.8. The fourth-order valence-electron chi connectivity index (χ4n) is 1.98. The second-order valence-electron chi connectivity index (χ2n) is 5.20. The van der Waals surface area contributed by atoms with E-state index in [1.54, 1.807) is 6.92 Å². The third-order valence-electron chi connectivity index (χ3n) is 3.38. The number of allylic oxidation sites excluding steroid dienone is 1. The summed E-state index contributed by atoms with van der Waals surface area (Å²) < 4.78 is 0. The van der Waals surface area contributed by atoms with Crippen molar-refractivity contribution >= 4 is 11.8 Å². The summed E-state index contributed by atoms with van der Waals surface area (Å²) in [5.41, 5.74) is 6.14. The molecule has 0 aromatic rings. The first-order valence-corrected chi connectivity index (χ1v) is 7.08. The van der Waals surface area contributed by atoms with Crippen LogP contribution < -0.4 is 5.73 Å². The second kappa shape index (κ2) is 9.73. The topological polar surface area (TPSA) is 80.4 Å². The first-order valence-electron chi connectivity index (χ1n) is 7.08. The van der Waals surface area contributed by atoms with Gasteiger partial charge in [-0.25, -0.2) is 0 Å². The minimum atomic E-state index is -1.04. The van der Waals surface area contributed by atoms with Crippen molar-refractivity contribution in [3.8, 4) is 0 Å². The number of aliphatic carboxylic acids is 1. The van der Waals surface area contributed by atoms with E-state index in [-0.39, 0.29) is 11.8 Å². The van der Waals surface area contributed by atoms with E-state index < -0.39 is 11.9 Å². The third kappa shape index (κ3) is 7.78. The normalized spacial score (nSPS) is 13.8. The third-order valence-corrected chi connectivity index (χ3v) is 3.38. The molecule has 0 heterocycles. The molecule has 110 valence electrons. The molecule has 2 atom stereocenters. The van der Waals surface area contributed by atoms with Crippen LogP contribution in [0.3, 0.4) is 0 Å². The predicted octanol–water partition coefficient (Wildman–Crippen LogP) is 2.91. The Morgan fingerprint density at radius 2 is 1.68 bits per heavy atom. The molecule has 0 spiro atoms. The Kier molecular flexibility index (Phi) is 9.13. The van der Waals surface area contributed by atoms with Gasteiger partial charge in [-0.05, 0) is 31.8 Å². The van der Waals surface area contributed by atoms with Gasteiger partial charge in [0.25, 0.3) is 0 Å². The van der Waals surface area contributed by atoms with Crippen molar-refractivity contribution in [1.29, 1.82) is 0 Å². The van der Waals surface area contributed by atoms with Crippen molar-refractivity contribution in [3.63, 3.8) is 0 Å². The van der Waals surface area contributed by atoms with Crippen LogP contribution in [0.1, 0.15) is 58.8 Å². The molecule has 0 fully saturated rings. The number of nitrogens with two attached hydrogens (primary N) is 1. The Morgan fingerprint density at radius 1 is 1.16 bits per heavy atom. The molecule has 0 saturated heterocycles. The maximum atomic E-state index is 11.6. The van der Waals surface area contributed by atoms with Crippen LogP contribution in [0.25, 0.3) is 0 Å². The lowest BCUT2D eigenvalue weighted by Gasteiger charge is -2.11. The molecule has 3 N–H and O–H groups in total. The maximum absolute atomic E-state index is 11.6. The van der Waals surface area contributed by atoms with Gasteiger partial charge in [0, 0.05) is 6.04 Å². The van der Waals surface area contributed by atoms with Gasteiger partial charge in [-0.2, -0.15) is 0 Å². The quantitative estimate of drug-likeness (QED) is 0.343. The van der Waals surface area contributed by atoms with Crippen molar-refractivity contribution in [1.82, 2.24) is 0 Å². The highest BCUT2D eigenvalue weighted by Gasteiger charge is 2.25. The summed E-state index contributed by atoms with van der Waals surface area (Å²) in [7, 11) is 0. The molecule has 0 aliphatic rings. The summed E-state index contributed by atoms with van der Waals surface area (Å²) in [6.07, 6.45) is 6.24. The average molecular weight is 269 g/mol. The summed E-state index contributed by atoms with van der Waals surface area (Å²) in [5, 5.41) is 9.02. The van der Waals surface area contributed by atoms with Crippen LogP contribution in [0.5, 0.6) is 0 Å². The summed E-state index contributed by atoms with van der Waals surface area (Å²) >= 11 is 0. The fraction of sp³-hybridized carbons (Fsp3) is 0.733. The lowest BCUT2D eigenvalue weighted by Crippen LogP contribution is -2.24. The number of carboxylic acids is 1. The molecule has 2 unspecified atom stereocenters. The number of unbranched alkanes of at least 4 members (excludes halogenated alkanes) is 3. The molecule has 0 aromatic carbocycles. The molecule has 0 aliphatic heterocycles. The molecule has 19 heavy (non-hydrogen) atoms. The Morgan fingerprint density at radius 3 is 2.11 bits per heavy atom. The molecule has 0 rings (SSSR count). The van der Waals surface area contributed by atoms with E-state index in [0.717, 1.165) is 38.5 Å². The fourth-order valence-corrected chi connectivity index (χ4v) is 1.98. The van der Waals surface area contributed by atoms with Gasteiger partial charge in [-0.3, -0.25) is 9.59 Å². The Labute approximate surface area is 116 Å². The van der Waals surface area contributed by atoms with E-state index in [2.05, 4.69) is 13.5 Å². The van der Waals surface area contributed by atoms with E-state index in [1.165, 1.54) is 0 Å². The number of ketones is 1. The van der Waals surface area contributed by atoms with Crippen molar-refractivity contribution in [2.24, 2.45) is 11.7 Å². The molecule has 0 aromatic heterocycles. The summed E-state index contributed by atoms with van der Waals surface area (Å²) in [4.78, 5) is 22.7. The van der Waals surface area contributed by atoms with E-state index in [1.807, 2.05) is 0 Å². The molecule has 0 saturated carbocycles. The van der Waals surface area contributed by atoms with Gasteiger partial charge in [-0.1, -0.05) is 39.2 Å². The Hall–Kier alpha value is -1.16. The zero-order valence-electron chi connectivity index (χ0n) is 12.2. The van der Waals surface area contributed by atoms with Crippen LogP contribution >= 0.6 is 0 Å². The zero-order chi connectivity index (χ0) is 14.8. The van der Waals surface area contributed by atoms with Crippen molar-refractivity contribution in [3.05, 3.63) is 12.2 Å². The highest BCUT2D eigenvalue weighted by atomic mass is 16.4. The number of carboxylic acid groups (broad SMARTS) is 1. The van der Waals surface area contributed by atoms with E-state index in [0.29, 0.717) is 12.0 Å². The molecule has 0 amide bonds. The first-order chi connectivity index (χ1) is 8.90. The van der Waals surface area contributed by atoms with Crippen LogP contribution in [0, 0.1) is 5.92 Å². The second-order valence-corrected chi connectivity index (χ2v) is 5.20. The molecular formula is C15H27NO3. The predicted molar refractivity (Wildman–Crippen MR) is 76.9 cm³/mol. The van der Waals surface area contributed by atoms with E-state index in [9.17, 15) is 9.59 Å². The number of carbonyl (C=O) groups is 2. The Balaban J connectivity index is 3.86. The molecule has 0 radical (unpaired) electrons. The maximum Gasteiger partial charge on any atom is 0.314 e. The highest BCUT2D eigenvalue weighted by Crippen LogP contribution is 2.16. The summed E-state index contributed by atoms with van der Waals surface area (Å²) in [6, 6.07) is 0.275. The van der Waals surface area contributed by atoms with Crippen LogP contribution in [0.4, 0.5) is 0 Å². The molecule has 4 nitrogen and oxygen atoms in total. The molecule has 0 aliphatic carbocycles. The van der Waals surface area contributed by atoms with E-state index >= 15 is 0 Å². The van der Waals surface area contributed by atoms with Gasteiger partial charge < -0.3 is 10.8 Å². The number of hydrogen-bond donors (Lipinski definition) is 2. The number of rotatable bonds is 11. The highest BCUT2D eigenvalue weighted by molar-refractivity contribution is 6.07. The lowest BCUT2D eigenvalue weighted by molar-refractivity contribution is -0.145. The standard InChI is InChI=1S/C15H27NO3/c1-4-12(16)9-7-5-6-8-10-13(15(18)19)14(17)11(2)3/h12-13H,2,4-10,16H2,1,3H3,(H,18,19). The van der Waals surface area contributed by atoms with Gasteiger partial charge in [-0.15, -0.1) is 0 Å². The van der Waals surface area contributed by atoms with Gasteiger partial charge in [0.2, 0.25) is 0 Å². The number of Topliss-reactive ketones (excluding diaryl/α,β-unsaturated/α-hetero) is 1. The monoisotopic (exact) mass is 269 g/mol. The van der Waals surface area contributed by atoms with Gasteiger partial charge in [0.1, 0.15) is 5.92 Å².